The molecule has 2 aromatic heterocycles. The number of hydrogen-bond acceptors (Lipinski definition) is 4. The number of aromatic nitrogens is 4. The molecular weight excluding hydrogens is 202 g/mol. The lowest BCUT2D eigenvalue weighted by Crippen LogP contribution is -2.38. The Labute approximate surface area is 83.5 Å². The van der Waals surface area contributed by atoms with Crippen molar-refractivity contribution in [3.05, 3.63) is 27.2 Å². The number of nitrogens with zero attached hydrogens (tertiary/aromatic N) is 4. The smallest absolute Gasteiger partial charge is 0.332 e. The van der Waals surface area contributed by atoms with E-state index < -0.39 is 11.2 Å². The van der Waals surface area contributed by atoms with E-state index in [-0.39, 0.29) is 11.0 Å². The first kappa shape index (κ1) is 11.0. The van der Waals surface area contributed by atoms with Crippen LogP contribution >= 0.6 is 0 Å². The Morgan fingerprint density at radius 1 is 1.27 bits per heavy atom. The highest BCUT2D eigenvalue weighted by atomic mass is 16.2. The number of imidazole rings is 1. The van der Waals surface area contributed by atoms with E-state index in [9.17, 15) is 9.59 Å². The van der Waals surface area contributed by atoms with Gasteiger partial charge in [0.1, 0.15) is 6.33 Å². The predicted octanol–water partition coefficient (Wildman–Crippen LogP) is -2.68. The Hall–Kier alpha value is -2.09. The van der Waals surface area contributed by atoms with E-state index in [4.69, 9.17) is 5.84 Å². The van der Waals surface area contributed by atoms with Gasteiger partial charge in [-0.05, 0) is 0 Å². The minimum atomic E-state index is -0.442. The van der Waals surface area contributed by atoms with Crippen molar-refractivity contribution in [2.45, 2.75) is 0 Å². The molecule has 2 rings (SSSR count). The number of nitrogens with two attached hydrogens (primary N) is 1. The summed E-state index contributed by atoms with van der Waals surface area (Å²) in [5, 5.41) is 0. The largest absolute Gasteiger partial charge is 0.412 e. The normalized spacial score (nSPS) is 10.3. The molecule has 0 aromatic carbocycles. The van der Waals surface area contributed by atoms with Crippen molar-refractivity contribution >= 4 is 11.2 Å². The molecule has 0 radical (unpaired) electrons. The summed E-state index contributed by atoms with van der Waals surface area (Å²) in [4.78, 5) is 26.9. The van der Waals surface area contributed by atoms with Crippen molar-refractivity contribution in [2.75, 3.05) is 5.84 Å². The third-order valence-electron chi connectivity index (χ3n) is 2.17. The molecule has 0 saturated heterocycles. The van der Waals surface area contributed by atoms with Gasteiger partial charge >= 0.3 is 5.69 Å². The van der Waals surface area contributed by atoms with Crippen LogP contribution in [0.1, 0.15) is 0 Å². The number of rotatable bonds is 0. The molecule has 82 valence electrons. The van der Waals surface area contributed by atoms with Crippen LogP contribution in [0.5, 0.6) is 0 Å². The van der Waals surface area contributed by atoms with Crippen LogP contribution in [-0.4, -0.2) is 24.3 Å². The average Bonchev–Trinajstić information content (AvgIpc) is 2.54. The summed E-state index contributed by atoms with van der Waals surface area (Å²) in [5.74, 6) is 5.49. The number of nitrogen functional groups attached to an aromatic ring is 1. The van der Waals surface area contributed by atoms with E-state index in [0.29, 0.717) is 5.65 Å². The Kier molecular flexibility index (Phi) is 2.37. The van der Waals surface area contributed by atoms with Crippen molar-refractivity contribution in [1.82, 2.24) is 18.8 Å². The van der Waals surface area contributed by atoms with Gasteiger partial charge in [-0.15, -0.1) is 0 Å². The monoisotopic (exact) mass is 213 g/mol. The Morgan fingerprint density at radius 2 is 1.87 bits per heavy atom. The zero-order valence-corrected chi connectivity index (χ0v) is 8.26. The maximum absolute atomic E-state index is 11.6. The van der Waals surface area contributed by atoms with E-state index >= 15 is 0 Å². The molecule has 0 spiro atoms. The quantitative estimate of drug-likeness (QED) is 0.479. The Bertz CT molecular complexity index is 620. The van der Waals surface area contributed by atoms with E-state index in [1.165, 1.54) is 25.0 Å². The van der Waals surface area contributed by atoms with Crippen LogP contribution in [0.25, 0.3) is 11.2 Å². The maximum atomic E-state index is 11.6. The molecule has 8 heteroatoms. The summed E-state index contributed by atoms with van der Waals surface area (Å²) in [6.45, 7) is 0. The summed E-state index contributed by atoms with van der Waals surface area (Å²) in [6.07, 6.45) is 1.30. The summed E-state index contributed by atoms with van der Waals surface area (Å²) in [5.41, 5.74) is -0.348. The highest BCUT2D eigenvalue weighted by Crippen LogP contribution is 2.00. The van der Waals surface area contributed by atoms with Gasteiger partial charge in [0.15, 0.2) is 11.2 Å². The van der Waals surface area contributed by atoms with Crippen LogP contribution in [0.4, 0.5) is 0 Å². The fraction of sp³-hybridized carbons (Fsp3) is 0.286. The van der Waals surface area contributed by atoms with Crippen LogP contribution in [0.2, 0.25) is 0 Å². The SMILES string of the molecule is Cn1c(=O)c2c(ncn2N)n(C)c1=O.O. The summed E-state index contributed by atoms with van der Waals surface area (Å²) >= 11 is 0. The average molecular weight is 213 g/mol. The van der Waals surface area contributed by atoms with Crippen LogP contribution in [0, 0.1) is 0 Å². The van der Waals surface area contributed by atoms with E-state index in [1.807, 2.05) is 0 Å². The van der Waals surface area contributed by atoms with Crippen molar-refractivity contribution in [3.8, 4) is 0 Å². The van der Waals surface area contributed by atoms with Crippen molar-refractivity contribution in [3.63, 3.8) is 0 Å². The van der Waals surface area contributed by atoms with Gasteiger partial charge in [0.25, 0.3) is 5.56 Å². The summed E-state index contributed by atoms with van der Waals surface area (Å²) in [7, 11) is 2.94. The molecule has 0 bridgehead atoms. The van der Waals surface area contributed by atoms with E-state index in [1.54, 1.807) is 0 Å². The molecule has 0 aliphatic rings. The first-order valence-electron chi connectivity index (χ1n) is 3.92. The minimum Gasteiger partial charge on any atom is -0.412 e. The summed E-state index contributed by atoms with van der Waals surface area (Å²) < 4.78 is 3.38. The van der Waals surface area contributed by atoms with Gasteiger partial charge in [-0.2, -0.15) is 0 Å². The Balaban J connectivity index is 0.00000112. The molecule has 0 aliphatic carbocycles. The van der Waals surface area contributed by atoms with Gasteiger partial charge in [-0.1, -0.05) is 0 Å². The highest BCUT2D eigenvalue weighted by Gasteiger charge is 2.12. The Morgan fingerprint density at radius 3 is 2.47 bits per heavy atom. The molecule has 15 heavy (non-hydrogen) atoms. The molecule has 0 unspecified atom stereocenters. The van der Waals surface area contributed by atoms with Crippen molar-refractivity contribution in [1.29, 1.82) is 0 Å². The fourth-order valence-electron chi connectivity index (χ4n) is 1.36. The topological polar surface area (TPSA) is 119 Å². The molecule has 0 saturated carbocycles. The lowest BCUT2D eigenvalue weighted by atomic mass is 10.5. The minimum absolute atomic E-state index is 0. The van der Waals surface area contributed by atoms with Crippen LogP contribution < -0.4 is 17.1 Å². The van der Waals surface area contributed by atoms with Crippen LogP contribution in [0.15, 0.2) is 15.9 Å². The van der Waals surface area contributed by atoms with Crippen LogP contribution in [0.3, 0.4) is 0 Å². The summed E-state index contributed by atoms with van der Waals surface area (Å²) in [6, 6.07) is 0. The molecule has 2 aromatic rings. The van der Waals surface area contributed by atoms with Crippen LogP contribution in [-0.2, 0) is 14.1 Å². The van der Waals surface area contributed by atoms with Crippen molar-refractivity contribution in [2.24, 2.45) is 14.1 Å². The van der Waals surface area contributed by atoms with Gasteiger partial charge < -0.3 is 11.3 Å². The molecule has 2 heterocycles. The molecular formula is C7H11N5O3. The van der Waals surface area contributed by atoms with Gasteiger partial charge in [0.05, 0.1) is 0 Å². The van der Waals surface area contributed by atoms with E-state index in [0.717, 1.165) is 9.24 Å². The second kappa shape index (κ2) is 3.24. The molecule has 0 aliphatic heterocycles. The first-order chi connectivity index (χ1) is 6.54. The van der Waals surface area contributed by atoms with Gasteiger partial charge in [-0.25, -0.2) is 14.5 Å². The standard InChI is InChI=1S/C7H9N5O2.H2O/c1-10-5-4(12(8)3-9-5)6(13)11(2)7(10)14;/h3H,8H2,1-2H3;1H2. The zero-order chi connectivity index (χ0) is 10.5. The highest BCUT2D eigenvalue weighted by molar-refractivity contribution is 5.69. The fourth-order valence-corrected chi connectivity index (χ4v) is 1.36. The lowest BCUT2D eigenvalue weighted by Gasteiger charge is -2.02. The van der Waals surface area contributed by atoms with Gasteiger partial charge in [-0.3, -0.25) is 13.9 Å². The number of aryl methyl sites for hydroxylation is 1. The molecule has 0 amide bonds. The molecule has 8 nitrogen and oxygen atoms in total. The first-order valence-corrected chi connectivity index (χ1v) is 3.92. The van der Waals surface area contributed by atoms with Crippen molar-refractivity contribution < 1.29 is 5.48 Å². The number of hydrogen-bond donors (Lipinski definition) is 1. The van der Waals surface area contributed by atoms with Gasteiger partial charge in [0.2, 0.25) is 0 Å². The maximum Gasteiger partial charge on any atom is 0.332 e. The molecule has 0 fully saturated rings. The lowest BCUT2D eigenvalue weighted by molar-refractivity contribution is 0.707. The molecule has 0 atom stereocenters. The van der Waals surface area contributed by atoms with E-state index in [2.05, 4.69) is 4.98 Å². The van der Waals surface area contributed by atoms with Gasteiger partial charge in [0, 0.05) is 14.1 Å². The zero-order valence-electron chi connectivity index (χ0n) is 8.26. The second-order valence-corrected chi connectivity index (χ2v) is 3.03. The molecule has 4 N–H and O–H groups in total. The third-order valence-corrected chi connectivity index (χ3v) is 2.17. The second-order valence-electron chi connectivity index (χ2n) is 3.03. The predicted molar refractivity (Wildman–Crippen MR) is 54.0 cm³/mol. The number of fused-ring (bicyclic) bond motifs is 1. The third kappa shape index (κ3) is 1.22.